The van der Waals surface area contributed by atoms with Crippen LogP contribution in [0.25, 0.3) is 0 Å². The number of rotatable bonds is 8. The molecule has 0 spiro atoms. The molecule has 0 radical (unpaired) electrons. The molecule has 19 heavy (non-hydrogen) atoms. The zero-order valence-electron chi connectivity index (χ0n) is 11.6. The molecule has 0 saturated carbocycles. The molecule has 0 aliphatic carbocycles. The van der Waals surface area contributed by atoms with E-state index in [2.05, 4.69) is 18.3 Å². The Morgan fingerprint density at radius 1 is 1.37 bits per heavy atom. The molecule has 1 unspecified atom stereocenters. The van der Waals surface area contributed by atoms with Gasteiger partial charge in [-0.3, -0.25) is 5.32 Å². The van der Waals surface area contributed by atoms with E-state index in [9.17, 15) is 4.39 Å². The van der Waals surface area contributed by atoms with Gasteiger partial charge in [-0.2, -0.15) is 5.26 Å². The predicted molar refractivity (Wildman–Crippen MR) is 73.4 cm³/mol. The number of hydrogen-bond acceptors (Lipinski definition) is 3. The Balaban J connectivity index is 2.29. The van der Waals surface area contributed by atoms with Gasteiger partial charge in [0.25, 0.3) is 0 Å². The van der Waals surface area contributed by atoms with Crippen molar-refractivity contribution in [2.45, 2.75) is 38.6 Å². The van der Waals surface area contributed by atoms with E-state index in [1.165, 1.54) is 12.1 Å². The lowest BCUT2D eigenvalue weighted by molar-refractivity contribution is 0.285. The van der Waals surface area contributed by atoms with Gasteiger partial charge in [-0.05, 0) is 57.0 Å². The van der Waals surface area contributed by atoms with Gasteiger partial charge in [0.15, 0.2) is 0 Å². The van der Waals surface area contributed by atoms with Crippen molar-refractivity contribution < 1.29 is 9.13 Å². The van der Waals surface area contributed by atoms with Crippen molar-refractivity contribution in [1.82, 2.24) is 5.32 Å². The maximum atomic E-state index is 12.7. The molecule has 0 amide bonds. The zero-order valence-corrected chi connectivity index (χ0v) is 11.6. The maximum Gasteiger partial charge on any atom is 0.123 e. The van der Waals surface area contributed by atoms with Crippen molar-refractivity contribution in [3.8, 4) is 11.8 Å². The zero-order chi connectivity index (χ0) is 14.1. The van der Waals surface area contributed by atoms with E-state index in [0.29, 0.717) is 12.4 Å². The number of ether oxygens (including phenoxy) is 1. The molecule has 104 valence electrons. The summed E-state index contributed by atoms with van der Waals surface area (Å²) in [5.74, 6) is 0.384. The summed E-state index contributed by atoms with van der Waals surface area (Å²) in [7, 11) is 0. The van der Waals surface area contributed by atoms with Crippen LogP contribution in [0.3, 0.4) is 0 Å². The Morgan fingerprint density at radius 2 is 2.05 bits per heavy atom. The number of nitrogens with one attached hydrogen (secondary N) is 1. The van der Waals surface area contributed by atoms with Crippen LogP contribution in [0.4, 0.5) is 4.39 Å². The smallest absolute Gasteiger partial charge is 0.123 e. The van der Waals surface area contributed by atoms with Crippen molar-refractivity contribution in [1.29, 1.82) is 5.26 Å². The molecule has 1 rings (SSSR count). The molecule has 1 atom stereocenters. The first kappa shape index (κ1) is 15.5. The van der Waals surface area contributed by atoms with Crippen LogP contribution in [0.2, 0.25) is 0 Å². The molecule has 1 aromatic rings. The van der Waals surface area contributed by atoms with Gasteiger partial charge in [0, 0.05) is 0 Å². The van der Waals surface area contributed by atoms with Gasteiger partial charge in [-0.25, -0.2) is 4.39 Å². The fourth-order valence-electron chi connectivity index (χ4n) is 1.73. The van der Waals surface area contributed by atoms with Crippen LogP contribution < -0.4 is 10.1 Å². The highest BCUT2D eigenvalue weighted by atomic mass is 19.1. The Labute approximate surface area is 114 Å². The highest BCUT2D eigenvalue weighted by Crippen LogP contribution is 2.14. The van der Waals surface area contributed by atoms with Crippen LogP contribution in [0, 0.1) is 17.1 Å². The second kappa shape index (κ2) is 7.75. The van der Waals surface area contributed by atoms with E-state index in [1.807, 2.05) is 6.92 Å². The lowest BCUT2D eigenvalue weighted by Gasteiger charge is -2.22. The minimum atomic E-state index is -0.498. The standard InChI is InChI=1S/C15H21FN2O/c1-3-10-18-15(2,12-17)9-4-11-19-14-7-5-13(16)6-8-14/h5-8,18H,3-4,9-11H2,1-2H3. The van der Waals surface area contributed by atoms with Gasteiger partial charge in [0.1, 0.15) is 17.1 Å². The summed E-state index contributed by atoms with van der Waals surface area (Å²) >= 11 is 0. The van der Waals surface area contributed by atoms with Crippen molar-refractivity contribution in [3.05, 3.63) is 30.1 Å². The fraction of sp³-hybridized carbons (Fsp3) is 0.533. The normalized spacial score (nSPS) is 13.6. The van der Waals surface area contributed by atoms with E-state index in [0.717, 1.165) is 25.8 Å². The van der Waals surface area contributed by atoms with Gasteiger partial charge in [-0.15, -0.1) is 0 Å². The van der Waals surface area contributed by atoms with Gasteiger partial charge < -0.3 is 4.74 Å². The van der Waals surface area contributed by atoms with E-state index >= 15 is 0 Å². The quantitative estimate of drug-likeness (QED) is 0.733. The molecule has 3 nitrogen and oxygen atoms in total. The molecule has 0 bridgehead atoms. The molecule has 1 N–H and O–H groups in total. The first-order chi connectivity index (χ1) is 9.09. The van der Waals surface area contributed by atoms with E-state index in [1.54, 1.807) is 12.1 Å². The van der Waals surface area contributed by atoms with Gasteiger partial charge in [0.2, 0.25) is 0 Å². The molecule has 0 aromatic heterocycles. The van der Waals surface area contributed by atoms with Crippen LogP contribution in [-0.2, 0) is 0 Å². The molecule has 0 aliphatic rings. The number of nitrogens with zero attached hydrogens (tertiary/aromatic N) is 1. The monoisotopic (exact) mass is 264 g/mol. The van der Waals surface area contributed by atoms with Gasteiger partial charge in [-0.1, -0.05) is 6.92 Å². The molecule has 4 heteroatoms. The fourth-order valence-corrected chi connectivity index (χ4v) is 1.73. The summed E-state index contributed by atoms with van der Waals surface area (Å²) in [4.78, 5) is 0. The lowest BCUT2D eigenvalue weighted by atomic mass is 9.98. The van der Waals surface area contributed by atoms with E-state index in [-0.39, 0.29) is 5.82 Å². The number of benzene rings is 1. The summed E-state index contributed by atoms with van der Waals surface area (Å²) in [5, 5.41) is 12.4. The second-order valence-corrected chi connectivity index (χ2v) is 4.78. The number of halogens is 1. The van der Waals surface area contributed by atoms with E-state index < -0.39 is 5.54 Å². The molecule has 0 heterocycles. The maximum absolute atomic E-state index is 12.7. The first-order valence-corrected chi connectivity index (χ1v) is 6.64. The third-order valence-electron chi connectivity index (χ3n) is 2.92. The Morgan fingerprint density at radius 3 is 2.63 bits per heavy atom. The number of nitriles is 1. The lowest BCUT2D eigenvalue weighted by Crippen LogP contribution is -2.41. The topological polar surface area (TPSA) is 45.0 Å². The summed E-state index contributed by atoms with van der Waals surface area (Å²) in [6, 6.07) is 8.26. The highest BCUT2D eigenvalue weighted by Gasteiger charge is 2.21. The van der Waals surface area contributed by atoms with Crippen LogP contribution in [-0.4, -0.2) is 18.7 Å². The van der Waals surface area contributed by atoms with Crippen molar-refractivity contribution in [2.24, 2.45) is 0 Å². The minimum Gasteiger partial charge on any atom is -0.494 e. The minimum absolute atomic E-state index is 0.270. The average molecular weight is 264 g/mol. The van der Waals surface area contributed by atoms with Crippen LogP contribution in [0.5, 0.6) is 5.75 Å². The van der Waals surface area contributed by atoms with Crippen LogP contribution in [0.15, 0.2) is 24.3 Å². The van der Waals surface area contributed by atoms with Crippen molar-refractivity contribution >= 4 is 0 Å². The third-order valence-corrected chi connectivity index (χ3v) is 2.92. The Bertz CT molecular complexity index is 413. The summed E-state index contributed by atoms with van der Waals surface area (Å²) in [6.45, 7) is 5.34. The molecular weight excluding hydrogens is 243 g/mol. The number of hydrogen-bond donors (Lipinski definition) is 1. The summed E-state index contributed by atoms with van der Waals surface area (Å²) < 4.78 is 18.2. The SMILES string of the molecule is CCCNC(C)(C#N)CCCOc1ccc(F)cc1. The summed E-state index contributed by atoms with van der Waals surface area (Å²) in [5.41, 5.74) is -0.498. The second-order valence-electron chi connectivity index (χ2n) is 4.78. The molecule has 0 aliphatic heterocycles. The van der Waals surface area contributed by atoms with Crippen molar-refractivity contribution in [3.63, 3.8) is 0 Å². The molecule has 0 fully saturated rings. The summed E-state index contributed by atoms with van der Waals surface area (Å²) in [6.07, 6.45) is 2.51. The average Bonchev–Trinajstić information content (AvgIpc) is 2.43. The van der Waals surface area contributed by atoms with E-state index in [4.69, 9.17) is 10.00 Å². The Hall–Kier alpha value is -1.60. The highest BCUT2D eigenvalue weighted by molar-refractivity contribution is 5.21. The molecule has 0 saturated heterocycles. The van der Waals surface area contributed by atoms with Crippen LogP contribution in [0.1, 0.15) is 33.1 Å². The molecule has 1 aromatic carbocycles. The molecular formula is C15H21FN2O. The van der Waals surface area contributed by atoms with Gasteiger partial charge >= 0.3 is 0 Å². The van der Waals surface area contributed by atoms with Crippen molar-refractivity contribution in [2.75, 3.05) is 13.2 Å². The first-order valence-electron chi connectivity index (χ1n) is 6.64. The largest absolute Gasteiger partial charge is 0.494 e. The van der Waals surface area contributed by atoms with Crippen LogP contribution >= 0.6 is 0 Å². The van der Waals surface area contributed by atoms with Gasteiger partial charge in [0.05, 0.1) is 12.7 Å². The Kier molecular flexibility index (Phi) is 6.31. The predicted octanol–water partition coefficient (Wildman–Crippen LogP) is 3.27. The third kappa shape index (κ3) is 5.71.